The smallest absolute Gasteiger partial charge is 0.341 e. The van der Waals surface area contributed by atoms with Crippen molar-refractivity contribution in [3.63, 3.8) is 0 Å². The molecule has 1 heterocycles. The Morgan fingerprint density at radius 2 is 2.00 bits per heavy atom. The molecule has 2 rings (SSSR count). The van der Waals surface area contributed by atoms with E-state index in [1.807, 2.05) is 0 Å². The Balaban J connectivity index is 2.47. The third-order valence-electron chi connectivity index (χ3n) is 2.17. The number of esters is 1. The lowest BCUT2D eigenvalue weighted by molar-refractivity contribution is 0.0600. The molecule has 0 bridgehead atoms. The van der Waals surface area contributed by atoms with Crippen LogP contribution in [0.25, 0.3) is 5.69 Å². The minimum Gasteiger partial charge on any atom is -0.465 e. The molecule has 1 aromatic heterocycles. The van der Waals surface area contributed by atoms with Gasteiger partial charge in [-0.3, -0.25) is 0 Å². The summed E-state index contributed by atoms with van der Waals surface area (Å²) in [5, 5.41) is 4.94. The molecule has 0 fully saturated rings. The highest BCUT2D eigenvalue weighted by molar-refractivity contribution is 6.37. The quantitative estimate of drug-likeness (QED) is 0.789. The average molecular weight is 271 g/mol. The van der Waals surface area contributed by atoms with Gasteiger partial charge in [-0.2, -0.15) is 5.10 Å². The van der Waals surface area contributed by atoms with E-state index in [1.165, 1.54) is 24.2 Å². The molecular formula is C11H8Cl2N2O2. The Morgan fingerprint density at radius 3 is 2.59 bits per heavy atom. The van der Waals surface area contributed by atoms with E-state index < -0.39 is 5.97 Å². The standard InChI is InChI=1S/C11H8Cl2N2O2/c1-17-11(16)7-5-14-15(6-7)10-8(12)3-2-4-9(10)13/h2-6H,1H3. The van der Waals surface area contributed by atoms with E-state index in [0.717, 1.165) is 0 Å². The summed E-state index contributed by atoms with van der Waals surface area (Å²) in [6, 6.07) is 5.13. The van der Waals surface area contributed by atoms with Crippen LogP contribution in [0.1, 0.15) is 10.4 Å². The van der Waals surface area contributed by atoms with Crippen LogP contribution in [-0.4, -0.2) is 22.9 Å². The molecule has 0 saturated heterocycles. The first kappa shape index (κ1) is 12.0. The lowest BCUT2D eigenvalue weighted by Crippen LogP contribution is -2.00. The number of carbonyl (C=O) groups is 1. The van der Waals surface area contributed by atoms with Crippen molar-refractivity contribution in [1.82, 2.24) is 9.78 Å². The van der Waals surface area contributed by atoms with Crippen molar-refractivity contribution in [1.29, 1.82) is 0 Å². The number of halogens is 2. The van der Waals surface area contributed by atoms with E-state index in [-0.39, 0.29) is 0 Å². The molecule has 0 saturated carbocycles. The van der Waals surface area contributed by atoms with Crippen molar-refractivity contribution in [2.75, 3.05) is 7.11 Å². The summed E-state index contributed by atoms with van der Waals surface area (Å²) < 4.78 is 6.03. The van der Waals surface area contributed by atoms with Gasteiger partial charge in [0.1, 0.15) is 5.69 Å². The van der Waals surface area contributed by atoms with E-state index in [0.29, 0.717) is 21.3 Å². The molecule has 0 N–H and O–H groups in total. The van der Waals surface area contributed by atoms with Crippen LogP contribution in [0.5, 0.6) is 0 Å². The van der Waals surface area contributed by atoms with Crippen LogP contribution in [0.15, 0.2) is 30.6 Å². The van der Waals surface area contributed by atoms with Gasteiger partial charge in [-0.25, -0.2) is 9.48 Å². The van der Waals surface area contributed by atoms with Crippen LogP contribution in [-0.2, 0) is 4.74 Å². The first-order chi connectivity index (χ1) is 8.13. The van der Waals surface area contributed by atoms with Crippen molar-refractivity contribution in [3.8, 4) is 5.69 Å². The molecule has 0 aliphatic carbocycles. The number of ether oxygens (including phenoxy) is 1. The number of hydrogen-bond acceptors (Lipinski definition) is 3. The number of methoxy groups -OCH3 is 1. The molecular weight excluding hydrogens is 263 g/mol. The van der Waals surface area contributed by atoms with Crippen LogP contribution in [0.3, 0.4) is 0 Å². The fourth-order valence-corrected chi connectivity index (χ4v) is 1.95. The first-order valence-electron chi connectivity index (χ1n) is 4.71. The average Bonchev–Trinajstić information content (AvgIpc) is 2.77. The number of para-hydroxylation sites is 1. The molecule has 6 heteroatoms. The fourth-order valence-electron chi connectivity index (χ4n) is 1.38. The van der Waals surface area contributed by atoms with Gasteiger partial charge in [0.05, 0.1) is 28.9 Å². The Bertz CT molecular complexity index is 546. The van der Waals surface area contributed by atoms with E-state index in [4.69, 9.17) is 23.2 Å². The highest BCUT2D eigenvalue weighted by Crippen LogP contribution is 2.27. The van der Waals surface area contributed by atoms with Crippen molar-refractivity contribution in [2.45, 2.75) is 0 Å². The summed E-state index contributed by atoms with van der Waals surface area (Å²) in [5.41, 5.74) is 0.870. The Hall–Kier alpha value is -1.52. The summed E-state index contributed by atoms with van der Waals surface area (Å²) in [4.78, 5) is 11.3. The zero-order chi connectivity index (χ0) is 12.4. The van der Waals surface area contributed by atoms with Gasteiger partial charge < -0.3 is 4.74 Å². The maximum absolute atomic E-state index is 11.3. The van der Waals surface area contributed by atoms with Crippen molar-refractivity contribution in [2.24, 2.45) is 0 Å². The van der Waals surface area contributed by atoms with Crippen molar-refractivity contribution >= 4 is 29.2 Å². The predicted molar refractivity (Wildman–Crippen MR) is 64.9 cm³/mol. The van der Waals surface area contributed by atoms with Crippen LogP contribution in [0.4, 0.5) is 0 Å². The normalized spacial score (nSPS) is 10.3. The molecule has 4 nitrogen and oxygen atoms in total. The molecule has 0 spiro atoms. The number of nitrogens with zero attached hydrogens (tertiary/aromatic N) is 2. The third kappa shape index (κ3) is 2.28. The maximum Gasteiger partial charge on any atom is 0.341 e. The van der Waals surface area contributed by atoms with Crippen LogP contribution in [0.2, 0.25) is 10.0 Å². The Labute approximate surface area is 108 Å². The monoisotopic (exact) mass is 270 g/mol. The van der Waals surface area contributed by atoms with Gasteiger partial charge in [-0.1, -0.05) is 29.3 Å². The minimum absolute atomic E-state index is 0.337. The second-order valence-corrected chi connectivity index (χ2v) is 4.05. The summed E-state index contributed by atoms with van der Waals surface area (Å²) in [5.74, 6) is -0.459. The number of aromatic nitrogens is 2. The zero-order valence-corrected chi connectivity index (χ0v) is 10.4. The molecule has 0 aliphatic rings. The van der Waals surface area contributed by atoms with Gasteiger partial charge in [0.25, 0.3) is 0 Å². The Morgan fingerprint density at radius 1 is 1.35 bits per heavy atom. The molecule has 17 heavy (non-hydrogen) atoms. The maximum atomic E-state index is 11.3. The van der Waals surface area contributed by atoms with Gasteiger partial charge >= 0.3 is 5.97 Å². The van der Waals surface area contributed by atoms with Crippen LogP contribution >= 0.6 is 23.2 Å². The third-order valence-corrected chi connectivity index (χ3v) is 2.78. The molecule has 2 aromatic rings. The highest BCUT2D eigenvalue weighted by atomic mass is 35.5. The van der Waals surface area contributed by atoms with Gasteiger partial charge in [0, 0.05) is 6.20 Å². The summed E-state index contributed by atoms with van der Waals surface area (Å²) in [6.07, 6.45) is 2.91. The SMILES string of the molecule is COC(=O)c1cnn(-c2c(Cl)cccc2Cl)c1. The molecule has 88 valence electrons. The topological polar surface area (TPSA) is 44.1 Å². The zero-order valence-electron chi connectivity index (χ0n) is 8.85. The fraction of sp³-hybridized carbons (Fsp3) is 0.0909. The van der Waals surface area contributed by atoms with Crippen LogP contribution in [0, 0.1) is 0 Å². The summed E-state index contributed by atoms with van der Waals surface area (Å²) in [6.45, 7) is 0. The molecule has 0 aliphatic heterocycles. The number of carbonyl (C=O) groups excluding carboxylic acids is 1. The second kappa shape index (κ2) is 4.77. The molecule has 0 radical (unpaired) electrons. The highest BCUT2D eigenvalue weighted by Gasteiger charge is 2.13. The summed E-state index contributed by atoms with van der Waals surface area (Å²) >= 11 is 12.1. The van der Waals surface area contributed by atoms with E-state index in [9.17, 15) is 4.79 Å². The minimum atomic E-state index is -0.459. The number of hydrogen-bond donors (Lipinski definition) is 0. The van der Waals surface area contributed by atoms with Gasteiger partial charge in [-0.15, -0.1) is 0 Å². The Kier molecular flexibility index (Phi) is 3.36. The number of rotatable bonds is 2. The second-order valence-electron chi connectivity index (χ2n) is 3.24. The molecule has 0 atom stereocenters. The molecule has 0 amide bonds. The van der Waals surface area contributed by atoms with E-state index in [1.54, 1.807) is 18.2 Å². The molecule has 1 aromatic carbocycles. The predicted octanol–water partition coefficient (Wildman–Crippen LogP) is 2.97. The van der Waals surface area contributed by atoms with E-state index >= 15 is 0 Å². The lowest BCUT2D eigenvalue weighted by Gasteiger charge is -2.05. The van der Waals surface area contributed by atoms with Crippen LogP contribution < -0.4 is 0 Å². The first-order valence-corrected chi connectivity index (χ1v) is 5.46. The van der Waals surface area contributed by atoms with E-state index in [2.05, 4.69) is 9.84 Å². The van der Waals surface area contributed by atoms with Crippen molar-refractivity contribution in [3.05, 3.63) is 46.2 Å². The van der Waals surface area contributed by atoms with Gasteiger partial charge in [0.2, 0.25) is 0 Å². The largest absolute Gasteiger partial charge is 0.465 e. The lowest BCUT2D eigenvalue weighted by atomic mass is 10.3. The summed E-state index contributed by atoms with van der Waals surface area (Å²) in [7, 11) is 1.31. The van der Waals surface area contributed by atoms with Crippen molar-refractivity contribution < 1.29 is 9.53 Å². The van der Waals surface area contributed by atoms with Gasteiger partial charge in [0.15, 0.2) is 0 Å². The number of benzene rings is 1. The van der Waals surface area contributed by atoms with Gasteiger partial charge in [-0.05, 0) is 12.1 Å². The molecule has 0 unspecified atom stereocenters.